The summed E-state index contributed by atoms with van der Waals surface area (Å²) in [5, 5.41) is 7.39. The van der Waals surface area contributed by atoms with Crippen molar-refractivity contribution in [1.82, 2.24) is 25.3 Å². The number of pyridine rings is 1. The monoisotopic (exact) mass is 472 g/mol. The van der Waals surface area contributed by atoms with Gasteiger partial charge in [0, 0.05) is 64.6 Å². The van der Waals surface area contributed by atoms with Crippen LogP contribution in [-0.4, -0.2) is 66.2 Å². The Labute approximate surface area is 170 Å². The summed E-state index contributed by atoms with van der Waals surface area (Å²) in [6.07, 6.45) is 3.37. The number of hydrogen-bond acceptors (Lipinski definition) is 6. The van der Waals surface area contributed by atoms with Crippen LogP contribution in [0.3, 0.4) is 0 Å². The number of aromatic nitrogens is 2. The molecule has 1 aliphatic rings. The van der Waals surface area contributed by atoms with E-state index in [2.05, 4.69) is 30.2 Å². The molecule has 142 valence electrons. The van der Waals surface area contributed by atoms with Gasteiger partial charge in [0.25, 0.3) is 0 Å². The molecule has 0 aromatic carbocycles. The third-order valence-electron chi connectivity index (χ3n) is 4.22. The number of guanidine groups is 1. The van der Waals surface area contributed by atoms with Gasteiger partial charge >= 0.3 is 0 Å². The van der Waals surface area contributed by atoms with Gasteiger partial charge in [-0.3, -0.25) is 9.89 Å². The van der Waals surface area contributed by atoms with Crippen molar-refractivity contribution in [2.45, 2.75) is 13.1 Å². The number of halogens is 1. The number of rotatable bonds is 5. The van der Waals surface area contributed by atoms with Crippen molar-refractivity contribution >= 4 is 29.9 Å². The molecule has 1 fully saturated rings. The van der Waals surface area contributed by atoms with Gasteiger partial charge in [0.05, 0.1) is 12.8 Å². The maximum absolute atomic E-state index is 5.16. The first-order chi connectivity index (χ1) is 12.3. The van der Waals surface area contributed by atoms with Gasteiger partial charge in [-0.15, -0.1) is 24.0 Å². The Morgan fingerprint density at radius 1 is 1.31 bits per heavy atom. The van der Waals surface area contributed by atoms with E-state index in [1.807, 2.05) is 25.2 Å². The van der Waals surface area contributed by atoms with Gasteiger partial charge in [-0.25, -0.2) is 4.98 Å². The summed E-state index contributed by atoms with van der Waals surface area (Å²) in [6, 6.07) is 5.81. The highest BCUT2D eigenvalue weighted by Gasteiger charge is 2.20. The Morgan fingerprint density at radius 3 is 2.77 bits per heavy atom. The van der Waals surface area contributed by atoms with Gasteiger partial charge in [0.15, 0.2) is 5.96 Å². The SMILES string of the molecule is CN=C(NCc1ccnc(OC)c1)N1CCN(Cc2ccon2)CC1.I. The van der Waals surface area contributed by atoms with Gasteiger partial charge in [0.2, 0.25) is 5.88 Å². The van der Waals surface area contributed by atoms with E-state index in [4.69, 9.17) is 9.26 Å². The van der Waals surface area contributed by atoms with Crippen LogP contribution in [0.4, 0.5) is 0 Å². The topological polar surface area (TPSA) is 79.0 Å². The molecule has 1 aliphatic heterocycles. The Bertz CT molecular complexity index is 686. The van der Waals surface area contributed by atoms with Crippen LogP contribution in [0, 0.1) is 0 Å². The Morgan fingerprint density at radius 2 is 2.12 bits per heavy atom. The molecule has 3 rings (SSSR count). The van der Waals surface area contributed by atoms with E-state index in [9.17, 15) is 0 Å². The summed E-state index contributed by atoms with van der Waals surface area (Å²) in [4.78, 5) is 13.2. The third-order valence-corrected chi connectivity index (χ3v) is 4.22. The molecular formula is C17H25IN6O2. The summed E-state index contributed by atoms with van der Waals surface area (Å²) < 4.78 is 10.1. The number of nitrogens with one attached hydrogen (secondary N) is 1. The Hall–Kier alpha value is -1.88. The summed E-state index contributed by atoms with van der Waals surface area (Å²) >= 11 is 0. The molecule has 0 amide bonds. The lowest BCUT2D eigenvalue weighted by Crippen LogP contribution is -2.52. The second-order valence-corrected chi connectivity index (χ2v) is 5.86. The van der Waals surface area contributed by atoms with Crippen LogP contribution in [0.5, 0.6) is 5.88 Å². The van der Waals surface area contributed by atoms with Crippen molar-refractivity contribution in [3.63, 3.8) is 0 Å². The Kier molecular flexibility index (Phi) is 8.10. The fourth-order valence-corrected chi connectivity index (χ4v) is 2.85. The van der Waals surface area contributed by atoms with Gasteiger partial charge in [-0.2, -0.15) is 0 Å². The highest BCUT2D eigenvalue weighted by Crippen LogP contribution is 2.10. The average molecular weight is 472 g/mol. The predicted molar refractivity (Wildman–Crippen MR) is 110 cm³/mol. The normalized spacial score (nSPS) is 15.5. The minimum atomic E-state index is 0. The lowest BCUT2D eigenvalue weighted by molar-refractivity contribution is 0.169. The molecule has 0 bridgehead atoms. The van der Waals surface area contributed by atoms with Crippen LogP contribution >= 0.6 is 24.0 Å². The van der Waals surface area contributed by atoms with Crippen molar-refractivity contribution in [3.05, 3.63) is 41.9 Å². The maximum atomic E-state index is 5.16. The second kappa shape index (κ2) is 10.3. The van der Waals surface area contributed by atoms with Crippen molar-refractivity contribution in [2.24, 2.45) is 4.99 Å². The maximum Gasteiger partial charge on any atom is 0.213 e. The lowest BCUT2D eigenvalue weighted by atomic mass is 10.2. The largest absolute Gasteiger partial charge is 0.481 e. The number of ether oxygens (including phenoxy) is 1. The van der Waals surface area contributed by atoms with Gasteiger partial charge < -0.3 is 19.5 Å². The zero-order valence-corrected chi connectivity index (χ0v) is 17.4. The van der Waals surface area contributed by atoms with Crippen LogP contribution in [0.25, 0.3) is 0 Å². The van der Waals surface area contributed by atoms with Crippen molar-refractivity contribution in [1.29, 1.82) is 0 Å². The molecule has 0 aliphatic carbocycles. The molecule has 0 unspecified atom stereocenters. The third kappa shape index (κ3) is 5.56. The second-order valence-electron chi connectivity index (χ2n) is 5.86. The molecule has 2 aromatic heterocycles. The molecule has 9 heteroatoms. The first kappa shape index (κ1) is 20.4. The highest BCUT2D eigenvalue weighted by atomic mass is 127. The Balaban J connectivity index is 0.00000243. The van der Waals surface area contributed by atoms with Crippen molar-refractivity contribution in [2.75, 3.05) is 40.3 Å². The van der Waals surface area contributed by atoms with Crippen molar-refractivity contribution in [3.8, 4) is 5.88 Å². The van der Waals surface area contributed by atoms with E-state index in [-0.39, 0.29) is 24.0 Å². The molecule has 1 N–H and O–H groups in total. The van der Waals surface area contributed by atoms with Crippen LogP contribution in [0.2, 0.25) is 0 Å². The molecule has 8 nitrogen and oxygen atoms in total. The number of aliphatic imine (C=N–C) groups is 1. The molecule has 1 saturated heterocycles. The molecule has 3 heterocycles. The number of nitrogens with zero attached hydrogens (tertiary/aromatic N) is 5. The average Bonchev–Trinajstić information content (AvgIpc) is 3.17. The minimum Gasteiger partial charge on any atom is -0.481 e. The molecule has 0 atom stereocenters. The quantitative estimate of drug-likeness (QED) is 0.402. The van der Waals surface area contributed by atoms with E-state index in [1.165, 1.54) is 0 Å². The first-order valence-electron chi connectivity index (χ1n) is 8.34. The zero-order chi connectivity index (χ0) is 17.5. The van der Waals surface area contributed by atoms with E-state index >= 15 is 0 Å². The number of methoxy groups -OCH3 is 1. The molecule has 2 aromatic rings. The first-order valence-corrected chi connectivity index (χ1v) is 8.34. The standard InChI is InChI=1S/C17H24N6O2.HI/c1-18-17(20-12-14-3-5-19-16(11-14)24-2)23-8-6-22(7-9-23)13-15-4-10-25-21-15;/h3-5,10-11H,6-9,12-13H2,1-2H3,(H,18,20);1H. The molecule has 0 saturated carbocycles. The predicted octanol–water partition coefficient (Wildman–Crippen LogP) is 1.59. The van der Waals surface area contributed by atoms with E-state index < -0.39 is 0 Å². The molecule has 0 radical (unpaired) electrons. The van der Waals surface area contributed by atoms with Crippen LogP contribution < -0.4 is 10.1 Å². The summed E-state index contributed by atoms with van der Waals surface area (Å²) in [6.45, 7) is 5.31. The summed E-state index contributed by atoms with van der Waals surface area (Å²) in [5.41, 5.74) is 2.08. The van der Waals surface area contributed by atoms with Gasteiger partial charge in [-0.1, -0.05) is 5.16 Å². The fraction of sp³-hybridized carbons (Fsp3) is 0.471. The molecule has 0 spiro atoms. The van der Waals surface area contributed by atoms with Gasteiger partial charge in [0.1, 0.15) is 6.26 Å². The smallest absolute Gasteiger partial charge is 0.213 e. The highest BCUT2D eigenvalue weighted by molar-refractivity contribution is 14.0. The van der Waals surface area contributed by atoms with Crippen LogP contribution in [0.15, 0.2) is 40.2 Å². The number of piperazine rings is 1. The summed E-state index contributed by atoms with van der Waals surface area (Å²) in [7, 11) is 3.44. The summed E-state index contributed by atoms with van der Waals surface area (Å²) in [5.74, 6) is 1.53. The zero-order valence-electron chi connectivity index (χ0n) is 15.1. The fourth-order valence-electron chi connectivity index (χ4n) is 2.85. The van der Waals surface area contributed by atoms with Crippen LogP contribution in [-0.2, 0) is 13.1 Å². The van der Waals surface area contributed by atoms with E-state index in [0.717, 1.165) is 49.9 Å². The van der Waals surface area contributed by atoms with Gasteiger partial charge in [-0.05, 0) is 11.6 Å². The van der Waals surface area contributed by atoms with E-state index in [0.29, 0.717) is 12.4 Å². The minimum absolute atomic E-state index is 0. The van der Waals surface area contributed by atoms with E-state index in [1.54, 1.807) is 19.6 Å². The van der Waals surface area contributed by atoms with Crippen molar-refractivity contribution < 1.29 is 9.26 Å². The number of hydrogen-bond donors (Lipinski definition) is 1. The van der Waals surface area contributed by atoms with Crippen LogP contribution in [0.1, 0.15) is 11.3 Å². The lowest BCUT2D eigenvalue weighted by Gasteiger charge is -2.36. The molecular weight excluding hydrogens is 447 g/mol. The molecule has 26 heavy (non-hydrogen) atoms.